The van der Waals surface area contributed by atoms with Crippen molar-refractivity contribution in [3.8, 4) is 0 Å². The van der Waals surface area contributed by atoms with Crippen molar-refractivity contribution in [2.75, 3.05) is 18.0 Å². The maximum Gasteiger partial charge on any atom is 0.510 e. The van der Waals surface area contributed by atoms with Gasteiger partial charge in [0.05, 0.1) is 12.1 Å². The fraction of sp³-hybridized carbons (Fsp3) is 0.600. The van der Waals surface area contributed by atoms with Gasteiger partial charge >= 0.3 is 7.12 Å². The van der Waals surface area contributed by atoms with Crippen molar-refractivity contribution in [1.82, 2.24) is 9.78 Å². The van der Waals surface area contributed by atoms with Gasteiger partial charge in [-0.15, -0.1) is 0 Å². The Labute approximate surface area is 108 Å². The van der Waals surface area contributed by atoms with Crippen molar-refractivity contribution >= 4 is 18.4 Å². The predicted molar refractivity (Wildman–Crippen MR) is 65.7 cm³/mol. The molecule has 1 aromatic heterocycles. The molecule has 0 atom stereocenters. The summed E-state index contributed by atoms with van der Waals surface area (Å²) >= 11 is 0. The summed E-state index contributed by atoms with van der Waals surface area (Å²) in [6.07, 6.45) is 0.0693. The van der Waals surface area contributed by atoms with Crippen LogP contribution in [0.2, 0.25) is 0 Å². The Balaban J connectivity index is 2.41. The van der Waals surface area contributed by atoms with E-state index in [1.54, 1.807) is 0 Å². The SMILES string of the molecule is Cn1nc(B(O)O)cc(N2CCCC(F)(F)C2)c1=O. The molecule has 6 nitrogen and oxygen atoms in total. The Hall–Kier alpha value is -1.48. The van der Waals surface area contributed by atoms with E-state index in [0.29, 0.717) is 6.54 Å². The first kappa shape index (κ1) is 13.9. The Morgan fingerprint density at radius 1 is 1.47 bits per heavy atom. The van der Waals surface area contributed by atoms with Crippen LogP contribution in [0.5, 0.6) is 0 Å². The molecule has 0 spiro atoms. The number of rotatable bonds is 2. The van der Waals surface area contributed by atoms with Gasteiger partial charge in [-0.3, -0.25) is 4.79 Å². The molecular weight excluding hydrogens is 259 g/mol. The molecule has 2 heterocycles. The highest BCUT2D eigenvalue weighted by Crippen LogP contribution is 2.28. The molecule has 0 aromatic carbocycles. The highest BCUT2D eigenvalue weighted by atomic mass is 19.3. The third kappa shape index (κ3) is 2.92. The van der Waals surface area contributed by atoms with Gasteiger partial charge in [-0.1, -0.05) is 0 Å². The Morgan fingerprint density at radius 3 is 2.74 bits per heavy atom. The summed E-state index contributed by atoms with van der Waals surface area (Å²) in [6, 6.07) is 1.15. The van der Waals surface area contributed by atoms with E-state index in [1.807, 2.05) is 0 Å². The van der Waals surface area contributed by atoms with Crippen LogP contribution in [0.1, 0.15) is 12.8 Å². The van der Waals surface area contributed by atoms with E-state index < -0.39 is 25.1 Å². The minimum Gasteiger partial charge on any atom is -0.422 e. The molecule has 1 aliphatic rings. The zero-order chi connectivity index (χ0) is 14.2. The monoisotopic (exact) mass is 273 g/mol. The topological polar surface area (TPSA) is 78.6 Å². The number of anilines is 1. The first-order valence-electron chi connectivity index (χ1n) is 5.87. The summed E-state index contributed by atoms with van der Waals surface area (Å²) in [4.78, 5) is 13.2. The van der Waals surface area contributed by atoms with Gasteiger partial charge in [-0.05, 0) is 12.5 Å². The molecule has 1 aliphatic heterocycles. The van der Waals surface area contributed by atoms with Gasteiger partial charge in [0.15, 0.2) is 0 Å². The van der Waals surface area contributed by atoms with E-state index in [1.165, 1.54) is 11.9 Å². The second kappa shape index (κ2) is 4.89. The van der Waals surface area contributed by atoms with Gasteiger partial charge in [0.2, 0.25) is 0 Å². The van der Waals surface area contributed by atoms with Crippen molar-refractivity contribution < 1.29 is 18.8 Å². The average Bonchev–Trinajstić information content (AvgIpc) is 2.30. The van der Waals surface area contributed by atoms with Crippen LogP contribution in [0.4, 0.5) is 14.5 Å². The summed E-state index contributed by atoms with van der Waals surface area (Å²) in [6.45, 7) is -0.219. The van der Waals surface area contributed by atoms with E-state index in [2.05, 4.69) is 5.10 Å². The van der Waals surface area contributed by atoms with Crippen molar-refractivity contribution in [3.05, 3.63) is 16.4 Å². The second-order valence-corrected chi connectivity index (χ2v) is 4.64. The van der Waals surface area contributed by atoms with E-state index in [-0.39, 0.29) is 24.1 Å². The molecule has 1 aromatic rings. The number of piperidine rings is 1. The van der Waals surface area contributed by atoms with Crippen molar-refractivity contribution in [2.45, 2.75) is 18.8 Å². The Kier molecular flexibility index (Phi) is 3.59. The van der Waals surface area contributed by atoms with Crippen molar-refractivity contribution in [2.24, 2.45) is 7.05 Å². The highest BCUT2D eigenvalue weighted by molar-refractivity contribution is 6.57. The van der Waals surface area contributed by atoms with Crippen molar-refractivity contribution in [3.63, 3.8) is 0 Å². The van der Waals surface area contributed by atoms with Gasteiger partial charge in [0.25, 0.3) is 11.5 Å². The van der Waals surface area contributed by atoms with Gasteiger partial charge in [-0.25, -0.2) is 13.5 Å². The fourth-order valence-electron chi connectivity index (χ4n) is 2.14. The molecule has 19 heavy (non-hydrogen) atoms. The minimum absolute atomic E-state index is 0.0139. The number of nitrogens with zero attached hydrogens (tertiary/aromatic N) is 3. The average molecular weight is 273 g/mol. The highest BCUT2D eigenvalue weighted by Gasteiger charge is 2.36. The molecule has 0 amide bonds. The molecule has 0 unspecified atom stereocenters. The van der Waals surface area contributed by atoms with E-state index in [9.17, 15) is 13.6 Å². The normalized spacial score (nSPS) is 18.5. The molecule has 1 saturated heterocycles. The zero-order valence-electron chi connectivity index (χ0n) is 10.4. The summed E-state index contributed by atoms with van der Waals surface area (Å²) in [5.74, 6) is -2.84. The van der Waals surface area contributed by atoms with Crippen LogP contribution >= 0.6 is 0 Å². The summed E-state index contributed by atoms with van der Waals surface area (Å²) in [5, 5.41) is 21.8. The molecule has 1 fully saturated rings. The first-order valence-corrected chi connectivity index (χ1v) is 5.87. The molecule has 0 bridgehead atoms. The third-order valence-electron chi connectivity index (χ3n) is 3.06. The first-order chi connectivity index (χ1) is 8.80. The number of alkyl halides is 2. The standard InChI is InChI=1S/C10H14BF2N3O3/c1-15-9(17)7(5-8(14-15)11(18)19)16-4-2-3-10(12,13)6-16/h5,18-19H,2-4,6H2,1H3. The van der Waals surface area contributed by atoms with E-state index in [0.717, 1.165) is 10.7 Å². The molecular formula is C10H14BF2N3O3. The Bertz CT molecular complexity index is 535. The number of halogens is 2. The lowest BCUT2D eigenvalue weighted by Gasteiger charge is -2.33. The number of hydrogen-bond donors (Lipinski definition) is 2. The smallest absolute Gasteiger partial charge is 0.422 e. The van der Waals surface area contributed by atoms with E-state index >= 15 is 0 Å². The maximum atomic E-state index is 13.4. The Morgan fingerprint density at radius 2 is 2.16 bits per heavy atom. The molecule has 9 heteroatoms. The van der Waals surface area contributed by atoms with Gasteiger partial charge in [-0.2, -0.15) is 5.10 Å². The van der Waals surface area contributed by atoms with Crippen molar-refractivity contribution in [1.29, 1.82) is 0 Å². The van der Waals surface area contributed by atoms with Crippen LogP contribution < -0.4 is 16.1 Å². The quantitative estimate of drug-likeness (QED) is 0.654. The zero-order valence-corrected chi connectivity index (χ0v) is 10.4. The molecule has 104 valence electrons. The van der Waals surface area contributed by atoms with E-state index in [4.69, 9.17) is 10.0 Å². The lowest BCUT2D eigenvalue weighted by atomic mass is 9.86. The molecule has 0 radical (unpaired) electrons. The van der Waals surface area contributed by atoms with Gasteiger partial charge in [0, 0.05) is 20.0 Å². The van der Waals surface area contributed by atoms with Crippen LogP contribution in [0, 0.1) is 0 Å². The molecule has 2 N–H and O–H groups in total. The number of aromatic nitrogens is 2. The molecule has 0 saturated carbocycles. The van der Waals surface area contributed by atoms with Crippen LogP contribution in [0.25, 0.3) is 0 Å². The largest absolute Gasteiger partial charge is 0.510 e. The number of aryl methyl sites for hydroxylation is 1. The van der Waals surface area contributed by atoms with Gasteiger partial charge < -0.3 is 14.9 Å². The summed E-state index contributed by atoms with van der Waals surface area (Å²) in [7, 11) is -0.518. The summed E-state index contributed by atoms with van der Waals surface area (Å²) < 4.78 is 27.6. The van der Waals surface area contributed by atoms with Crippen LogP contribution in [0.15, 0.2) is 10.9 Å². The second-order valence-electron chi connectivity index (χ2n) is 4.64. The third-order valence-corrected chi connectivity index (χ3v) is 3.06. The lowest BCUT2D eigenvalue weighted by molar-refractivity contribution is -0.0117. The lowest BCUT2D eigenvalue weighted by Crippen LogP contribution is -2.47. The van der Waals surface area contributed by atoms with Gasteiger partial charge in [0.1, 0.15) is 5.69 Å². The minimum atomic E-state index is -2.84. The van der Waals surface area contributed by atoms with Crippen LogP contribution in [-0.4, -0.2) is 46.0 Å². The summed E-state index contributed by atoms with van der Waals surface area (Å²) in [5.41, 5.74) is -0.673. The maximum absolute atomic E-state index is 13.4. The number of hydrogen-bond acceptors (Lipinski definition) is 5. The van der Waals surface area contributed by atoms with Crippen LogP contribution in [-0.2, 0) is 7.05 Å². The molecule has 0 aliphatic carbocycles. The predicted octanol–water partition coefficient (Wildman–Crippen LogP) is -1.30. The molecule has 2 rings (SSSR count). The fourth-order valence-corrected chi connectivity index (χ4v) is 2.14. The van der Waals surface area contributed by atoms with Crippen LogP contribution in [0.3, 0.4) is 0 Å².